The second-order valence-corrected chi connectivity index (χ2v) is 5.07. The Kier molecular flexibility index (Phi) is 6.34. The normalized spacial score (nSPS) is 10.5. The fourth-order valence-electron chi connectivity index (χ4n) is 2.04. The molecule has 0 aromatic heterocycles. The first-order chi connectivity index (χ1) is 9.13. The van der Waals surface area contributed by atoms with Crippen molar-refractivity contribution >= 4 is 6.29 Å². The van der Waals surface area contributed by atoms with E-state index in [1.807, 2.05) is 18.2 Å². The number of aldehydes is 1. The Labute approximate surface area is 116 Å². The van der Waals surface area contributed by atoms with Crippen LogP contribution in [-0.2, 0) is 6.42 Å². The molecule has 0 heterocycles. The molecular weight excluding hydrogens is 236 g/mol. The van der Waals surface area contributed by atoms with Crippen molar-refractivity contribution in [3.63, 3.8) is 0 Å². The zero-order valence-electron chi connectivity index (χ0n) is 12.2. The maximum atomic E-state index is 11.0. The van der Waals surface area contributed by atoms with Crippen molar-refractivity contribution in [1.29, 1.82) is 0 Å². The number of ether oxygens (including phenoxy) is 1. The third-order valence-corrected chi connectivity index (χ3v) is 3.08. The third kappa shape index (κ3) is 4.23. The van der Waals surface area contributed by atoms with Crippen LogP contribution in [0.4, 0.5) is 0 Å². The van der Waals surface area contributed by atoms with E-state index in [0.29, 0.717) is 11.5 Å². The first kappa shape index (κ1) is 15.5. The SMILES string of the molecule is C=CCc1cc(C=O)cc(C(C)C)c1OCCCC. The lowest BCUT2D eigenvalue weighted by atomic mass is 9.95. The molecule has 0 aliphatic carbocycles. The van der Waals surface area contributed by atoms with Gasteiger partial charge in [-0.25, -0.2) is 0 Å². The van der Waals surface area contributed by atoms with Gasteiger partial charge in [-0.2, -0.15) is 0 Å². The van der Waals surface area contributed by atoms with Crippen LogP contribution in [0.15, 0.2) is 24.8 Å². The first-order valence-corrected chi connectivity index (χ1v) is 6.99. The fourth-order valence-corrected chi connectivity index (χ4v) is 2.04. The molecule has 0 aliphatic heterocycles. The van der Waals surface area contributed by atoms with Gasteiger partial charge in [0.25, 0.3) is 0 Å². The molecule has 2 heteroatoms. The van der Waals surface area contributed by atoms with Crippen LogP contribution in [0.1, 0.15) is 61.0 Å². The van der Waals surface area contributed by atoms with Gasteiger partial charge in [-0.3, -0.25) is 4.79 Å². The number of hydrogen-bond donors (Lipinski definition) is 0. The van der Waals surface area contributed by atoms with Crippen LogP contribution >= 0.6 is 0 Å². The summed E-state index contributed by atoms with van der Waals surface area (Å²) in [5.41, 5.74) is 2.88. The van der Waals surface area contributed by atoms with E-state index in [9.17, 15) is 4.79 Å². The Morgan fingerprint density at radius 1 is 1.37 bits per heavy atom. The maximum absolute atomic E-state index is 11.0. The number of benzene rings is 1. The van der Waals surface area contributed by atoms with Crippen LogP contribution in [-0.4, -0.2) is 12.9 Å². The van der Waals surface area contributed by atoms with Gasteiger partial charge in [-0.05, 0) is 42.0 Å². The van der Waals surface area contributed by atoms with E-state index in [0.717, 1.165) is 49.0 Å². The Morgan fingerprint density at radius 2 is 2.11 bits per heavy atom. The summed E-state index contributed by atoms with van der Waals surface area (Å²) in [6.45, 7) is 10.9. The Balaban J connectivity index is 3.19. The minimum absolute atomic E-state index is 0.333. The van der Waals surface area contributed by atoms with Gasteiger partial charge in [-0.15, -0.1) is 6.58 Å². The van der Waals surface area contributed by atoms with Crippen LogP contribution in [0.2, 0.25) is 0 Å². The molecule has 0 N–H and O–H groups in total. The number of unbranched alkanes of at least 4 members (excludes halogenated alkanes) is 1. The highest BCUT2D eigenvalue weighted by molar-refractivity contribution is 5.76. The van der Waals surface area contributed by atoms with Crippen molar-refractivity contribution < 1.29 is 9.53 Å². The van der Waals surface area contributed by atoms with Crippen molar-refractivity contribution in [3.8, 4) is 5.75 Å². The van der Waals surface area contributed by atoms with Crippen molar-refractivity contribution in [2.24, 2.45) is 0 Å². The van der Waals surface area contributed by atoms with Gasteiger partial charge >= 0.3 is 0 Å². The minimum Gasteiger partial charge on any atom is -0.493 e. The van der Waals surface area contributed by atoms with E-state index in [1.165, 1.54) is 0 Å². The Hall–Kier alpha value is -1.57. The highest BCUT2D eigenvalue weighted by Crippen LogP contribution is 2.32. The van der Waals surface area contributed by atoms with Gasteiger partial charge in [0.15, 0.2) is 0 Å². The standard InChI is InChI=1S/C17H24O2/c1-5-7-9-19-17-15(8-6-2)10-14(12-18)11-16(17)13(3)4/h6,10-13H,2,5,7-9H2,1,3-4H3. The molecule has 0 atom stereocenters. The summed E-state index contributed by atoms with van der Waals surface area (Å²) in [5, 5.41) is 0. The van der Waals surface area contributed by atoms with Gasteiger partial charge in [0, 0.05) is 5.56 Å². The molecule has 1 rings (SSSR count). The van der Waals surface area contributed by atoms with Crippen molar-refractivity contribution in [3.05, 3.63) is 41.5 Å². The van der Waals surface area contributed by atoms with Crippen molar-refractivity contribution in [1.82, 2.24) is 0 Å². The predicted octanol–water partition coefficient (Wildman–Crippen LogP) is 4.53. The van der Waals surface area contributed by atoms with Crippen LogP contribution in [0, 0.1) is 0 Å². The quantitative estimate of drug-likeness (QED) is 0.390. The molecule has 0 aliphatic rings. The molecule has 1 aromatic carbocycles. The lowest BCUT2D eigenvalue weighted by Crippen LogP contribution is -2.05. The first-order valence-electron chi connectivity index (χ1n) is 6.99. The highest BCUT2D eigenvalue weighted by atomic mass is 16.5. The number of hydrogen-bond acceptors (Lipinski definition) is 2. The molecule has 0 fully saturated rings. The second kappa shape index (κ2) is 7.78. The molecule has 0 bridgehead atoms. The molecule has 1 aromatic rings. The minimum atomic E-state index is 0.333. The van der Waals surface area contributed by atoms with Gasteiger partial charge < -0.3 is 4.74 Å². The zero-order chi connectivity index (χ0) is 14.3. The molecule has 0 unspecified atom stereocenters. The molecule has 2 nitrogen and oxygen atoms in total. The van der Waals surface area contributed by atoms with Crippen LogP contribution in [0.3, 0.4) is 0 Å². The Bertz CT molecular complexity index is 433. The summed E-state index contributed by atoms with van der Waals surface area (Å²) in [5.74, 6) is 1.27. The molecule has 104 valence electrons. The van der Waals surface area contributed by atoms with E-state index in [1.54, 1.807) is 0 Å². The third-order valence-electron chi connectivity index (χ3n) is 3.08. The largest absolute Gasteiger partial charge is 0.493 e. The summed E-state index contributed by atoms with van der Waals surface area (Å²) >= 11 is 0. The summed E-state index contributed by atoms with van der Waals surface area (Å²) in [7, 11) is 0. The molecule has 0 radical (unpaired) electrons. The van der Waals surface area contributed by atoms with E-state index in [2.05, 4.69) is 27.4 Å². The summed E-state index contributed by atoms with van der Waals surface area (Å²) in [6, 6.07) is 3.84. The van der Waals surface area contributed by atoms with Crippen molar-refractivity contribution in [2.45, 2.75) is 46.0 Å². The number of rotatable bonds is 8. The summed E-state index contributed by atoms with van der Waals surface area (Å²) in [4.78, 5) is 11.0. The Morgan fingerprint density at radius 3 is 2.63 bits per heavy atom. The molecule has 0 saturated carbocycles. The predicted molar refractivity (Wildman–Crippen MR) is 80.2 cm³/mol. The highest BCUT2D eigenvalue weighted by Gasteiger charge is 2.14. The van der Waals surface area contributed by atoms with E-state index >= 15 is 0 Å². The topological polar surface area (TPSA) is 26.3 Å². The van der Waals surface area contributed by atoms with Crippen LogP contribution < -0.4 is 4.74 Å². The average Bonchev–Trinajstić information content (AvgIpc) is 2.40. The molecule has 0 amide bonds. The van der Waals surface area contributed by atoms with Gasteiger partial charge in [-0.1, -0.05) is 33.3 Å². The van der Waals surface area contributed by atoms with E-state index in [-0.39, 0.29) is 0 Å². The monoisotopic (exact) mass is 260 g/mol. The lowest BCUT2D eigenvalue weighted by Gasteiger charge is -2.18. The van der Waals surface area contributed by atoms with E-state index in [4.69, 9.17) is 4.74 Å². The van der Waals surface area contributed by atoms with Gasteiger partial charge in [0.2, 0.25) is 0 Å². The molecule has 0 saturated heterocycles. The fraction of sp³-hybridized carbons (Fsp3) is 0.471. The average molecular weight is 260 g/mol. The summed E-state index contributed by atoms with van der Waals surface area (Å²) < 4.78 is 5.96. The number of carbonyl (C=O) groups excluding carboxylic acids is 1. The number of allylic oxidation sites excluding steroid dienone is 1. The summed E-state index contributed by atoms with van der Waals surface area (Å²) in [6.07, 6.45) is 5.62. The van der Waals surface area contributed by atoms with Crippen LogP contribution in [0.25, 0.3) is 0 Å². The second-order valence-electron chi connectivity index (χ2n) is 5.07. The molecular formula is C17H24O2. The maximum Gasteiger partial charge on any atom is 0.150 e. The lowest BCUT2D eigenvalue weighted by molar-refractivity contribution is 0.112. The number of carbonyl (C=O) groups is 1. The van der Waals surface area contributed by atoms with Gasteiger partial charge in [0.05, 0.1) is 6.61 Å². The smallest absolute Gasteiger partial charge is 0.150 e. The molecule has 0 spiro atoms. The molecule has 19 heavy (non-hydrogen) atoms. The van der Waals surface area contributed by atoms with Crippen LogP contribution in [0.5, 0.6) is 5.75 Å². The zero-order valence-corrected chi connectivity index (χ0v) is 12.2. The van der Waals surface area contributed by atoms with Gasteiger partial charge in [0.1, 0.15) is 12.0 Å². The van der Waals surface area contributed by atoms with Crippen molar-refractivity contribution in [2.75, 3.05) is 6.61 Å². The van der Waals surface area contributed by atoms with E-state index < -0.39 is 0 Å².